The average Bonchev–Trinajstić information content (AvgIpc) is 4.01. The Labute approximate surface area is 341 Å². The number of amides is 3. The molecule has 0 bridgehead atoms. The molecule has 4 atom stereocenters. The molecule has 304 valence electrons. The number of phenols is 1. The van der Waals surface area contributed by atoms with Crippen molar-refractivity contribution in [2.45, 2.75) is 57.5 Å². The number of nitrogens with zero attached hydrogens (tertiary/aromatic N) is 6. The Hall–Kier alpha value is -7.50. The number of aryl methyl sites for hydroxylation is 2. The van der Waals surface area contributed by atoms with E-state index in [2.05, 4.69) is 36.1 Å². The molecule has 0 aliphatic heterocycles. The van der Waals surface area contributed by atoms with E-state index in [1.165, 1.54) is 27.2 Å². The summed E-state index contributed by atoms with van der Waals surface area (Å²) in [6, 6.07) is 26.8. The van der Waals surface area contributed by atoms with E-state index >= 15 is 0 Å². The molecule has 0 saturated heterocycles. The number of aliphatic hydroxyl groups excluding tert-OH is 2. The molecule has 4 aromatic heterocycles. The van der Waals surface area contributed by atoms with Gasteiger partial charge in [0.15, 0.2) is 22.7 Å². The van der Waals surface area contributed by atoms with Gasteiger partial charge < -0.3 is 36.4 Å². The number of benzene rings is 3. The molecule has 7 N–H and O–H groups in total. The molecule has 0 saturated carbocycles. The van der Waals surface area contributed by atoms with Gasteiger partial charge in [0, 0.05) is 42.9 Å². The lowest BCUT2D eigenvalue weighted by atomic mass is 10.1. The first-order valence-electron chi connectivity index (χ1n) is 19.0. The number of aliphatic hydroxyl groups is 2. The van der Waals surface area contributed by atoms with Crippen LogP contribution >= 0.6 is 0 Å². The van der Waals surface area contributed by atoms with E-state index in [0.29, 0.717) is 29.9 Å². The second-order valence-electron chi connectivity index (χ2n) is 14.7. The number of aromatic nitrogens is 6. The SMILES string of the molecule is Cc1cc(C(=O)NC2c3ccccc3CC2O)nc2cc(C(=O)NCc3cccc(O)c3)nn12.Cc1cc(C(=O)NC2c3ccccc3CC2O)nc2cc(C(=O)O)nn12. The van der Waals surface area contributed by atoms with Crippen LogP contribution in [0.1, 0.15) is 93.2 Å². The number of rotatable bonds is 8. The predicted molar refractivity (Wildman–Crippen MR) is 214 cm³/mol. The van der Waals surface area contributed by atoms with Gasteiger partial charge in [-0.05, 0) is 65.9 Å². The summed E-state index contributed by atoms with van der Waals surface area (Å²) in [5.74, 6) is -2.29. The zero-order valence-corrected chi connectivity index (χ0v) is 32.3. The van der Waals surface area contributed by atoms with Crippen molar-refractivity contribution in [3.05, 3.63) is 159 Å². The molecule has 17 heteroatoms. The Morgan fingerprint density at radius 1 is 0.633 bits per heavy atom. The minimum Gasteiger partial charge on any atom is -0.508 e. The molecule has 3 amide bonds. The Kier molecular flexibility index (Phi) is 10.5. The average molecular weight is 810 g/mol. The van der Waals surface area contributed by atoms with E-state index in [1.54, 1.807) is 44.2 Å². The van der Waals surface area contributed by atoms with E-state index in [0.717, 1.165) is 27.8 Å². The Balaban J connectivity index is 0.000000172. The number of phenolic OH excluding ortho intramolecular Hbond substituents is 1. The maximum Gasteiger partial charge on any atom is 0.356 e. The van der Waals surface area contributed by atoms with Crippen molar-refractivity contribution >= 4 is 35.0 Å². The zero-order valence-electron chi connectivity index (χ0n) is 32.3. The molecule has 2 aliphatic rings. The standard InChI is InChI=1S/C25H23N5O4.C18H16N4O4/c1-14-9-19(25(34)28-23-18-8-3-2-6-16(18)11-21(23)32)27-22-12-20(29-30(14)22)24(33)26-13-15-5-4-7-17(31)10-15;1-9-6-12(19-15-8-13(18(25)26)21-22(9)15)17(24)20-16-11-5-3-2-4-10(11)7-14(16)23/h2-10,12,21,23,31-32H,11,13H2,1H3,(H,26,33)(H,28,34);2-6,8,14,16,23H,7H2,1H3,(H,20,24)(H,25,26). The summed E-state index contributed by atoms with van der Waals surface area (Å²) in [7, 11) is 0. The lowest BCUT2D eigenvalue weighted by molar-refractivity contribution is 0.0689. The van der Waals surface area contributed by atoms with Crippen LogP contribution in [0.4, 0.5) is 0 Å². The van der Waals surface area contributed by atoms with Crippen LogP contribution in [0.2, 0.25) is 0 Å². The van der Waals surface area contributed by atoms with Gasteiger partial charge in [-0.1, -0.05) is 60.7 Å². The van der Waals surface area contributed by atoms with Crippen LogP contribution in [0.3, 0.4) is 0 Å². The number of nitrogens with one attached hydrogen (secondary N) is 3. The van der Waals surface area contributed by atoms with Gasteiger partial charge >= 0.3 is 5.97 Å². The number of hydrogen-bond donors (Lipinski definition) is 7. The molecular formula is C43H39N9O8. The van der Waals surface area contributed by atoms with E-state index in [9.17, 15) is 34.5 Å². The van der Waals surface area contributed by atoms with Gasteiger partial charge in [0.05, 0.1) is 24.3 Å². The Bertz CT molecular complexity index is 2830. The topological polar surface area (TPSA) is 246 Å². The molecular weight excluding hydrogens is 771 g/mol. The molecule has 0 fully saturated rings. The smallest absolute Gasteiger partial charge is 0.356 e. The molecule has 7 aromatic rings. The van der Waals surface area contributed by atoms with E-state index in [-0.39, 0.29) is 40.7 Å². The first-order valence-corrected chi connectivity index (χ1v) is 19.0. The lowest BCUT2D eigenvalue weighted by Crippen LogP contribution is -2.34. The van der Waals surface area contributed by atoms with Crippen molar-refractivity contribution in [1.82, 2.24) is 45.1 Å². The molecule has 0 spiro atoms. The van der Waals surface area contributed by atoms with Gasteiger partial charge in [0.2, 0.25) is 0 Å². The number of hydrogen-bond acceptors (Lipinski definition) is 11. The number of carbonyl (C=O) groups is 4. The number of fused-ring (bicyclic) bond motifs is 4. The third-order valence-corrected chi connectivity index (χ3v) is 10.5. The highest BCUT2D eigenvalue weighted by Crippen LogP contribution is 2.32. The predicted octanol–water partition coefficient (Wildman–Crippen LogP) is 3.19. The summed E-state index contributed by atoms with van der Waals surface area (Å²) in [5, 5.41) is 56.1. The molecule has 60 heavy (non-hydrogen) atoms. The van der Waals surface area contributed by atoms with Gasteiger partial charge in [-0.15, -0.1) is 0 Å². The fourth-order valence-electron chi connectivity index (χ4n) is 7.56. The fourth-order valence-corrected chi connectivity index (χ4v) is 7.56. The maximum absolute atomic E-state index is 13.0. The van der Waals surface area contributed by atoms with Crippen LogP contribution in [-0.2, 0) is 19.4 Å². The Morgan fingerprint density at radius 3 is 1.65 bits per heavy atom. The van der Waals surface area contributed by atoms with Crippen LogP contribution in [0.25, 0.3) is 11.3 Å². The largest absolute Gasteiger partial charge is 0.508 e. The number of carbonyl (C=O) groups excluding carboxylic acids is 3. The molecule has 17 nitrogen and oxygen atoms in total. The molecule has 4 heterocycles. The number of carboxylic acids is 1. The van der Waals surface area contributed by atoms with Gasteiger partial charge in [0.1, 0.15) is 17.1 Å². The summed E-state index contributed by atoms with van der Waals surface area (Å²) in [4.78, 5) is 57.9. The van der Waals surface area contributed by atoms with Crippen LogP contribution in [-0.4, -0.2) is 85.5 Å². The summed E-state index contributed by atoms with van der Waals surface area (Å²) in [6.45, 7) is 3.71. The highest BCUT2D eigenvalue weighted by Gasteiger charge is 2.34. The molecule has 4 unspecified atom stereocenters. The summed E-state index contributed by atoms with van der Waals surface area (Å²) >= 11 is 0. The zero-order chi connectivity index (χ0) is 42.2. The second kappa shape index (κ2) is 16.0. The maximum atomic E-state index is 13.0. The van der Waals surface area contributed by atoms with Gasteiger partial charge in [-0.2, -0.15) is 10.2 Å². The first kappa shape index (κ1) is 39.3. The van der Waals surface area contributed by atoms with E-state index in [4.69, 9.17) is 5.11 Å². The monoisotopic (exact) mass is 809 g/mol. The molecule has 2 aliphatic carbocycles. The van der Waals surface area contributed by atoms with Crippen molar-refractivity contribution in [3.63, 3.8) is 0 Å². The normalized spacial score (nSPS) is 17.7. The minimum absolute atomic E-state index is 0.124. The highest BCUT2D eigenvalue weighted by atomic mass is 16.4. The van der Waals surface area contributed by atoms with Crippen molar-refractivity contribution in [2.24, 2.45) is 0 Å². The van der Waals surface area contributed by atoms with Crippen LogP contribution in [0.5, 0.6) is 5.75 Å². The van der Waals surface area contributed by atoms with Gasteiger partial charge in [-0.25, -0.2) is 23.8 Å². The summed E-state index contributed by atoms with van der Waals surface area (Å²) in [6.07, 6.45) is -0.439. The number of aromatic hydroxyl groups is 1. The van der Waals surface area contributed by atoms with Crippen LogP contribution in [0, 0.1) is 13.8 Å². The molecule has 9 rings (SSSR count). The van der Waals surface area contributed by atoms with Crippen molar-refractivity contribution in [1.29, 1.82) is 0 Å². The second-order valence-corrected chi connectivity index (χ2v) is 14.7. The van der Waals surface area contributed by atoms with Crippen molar-refractivity contribution in [3.8, 4) is 5.75 Å². The van der Waals surface area contributed by atoms with Crippen molar-refractivity contribution in [2.75, 3.05) is 0 Å². The van der Waals surface area contributed by atoms with Gasteiger partial charge in [0.25, 0.3) is 17.7 Å². The fraction of sp³-hybridized carbons (Fsp3) is 0.209. The molecule has 0 radical (unpaired) electrons. The molecule has 3 aromatic carbocycles. The van der Waals surface area contributed by atoms with E-state index in [1.807, 2.05) is 48.5 Å². The highest BCUT2D eigenvalue weighted by molar-refractivity contribution is 5.95. The summed E-state index contributed by atoms with van der Waals surface area (Å²) in [5.41, 5.74) is 6.75. The van der Waals surface area contributed by atoms with Crippen LogP contribution < -0.4 is 16.0 Å². The van der Waals surface area contributed by atoms with E-state index < -0.39 is 48.0 Å². The van der Waals surface area contributed by atoms with Crippen LogP contribution in [0.15, 0.2) is 97.1 Å². The first-order chi connectivity index (χ1) is 28.8. The summed E-state index contributed by atoms with van der Waals surface area (Å²) < 4.78 is 2.87. The quantitative estimate of drug-likeness (QED) is 0.117. The minimum atomic E-state index is -1.16. The number of aromatic carboxylic acids is 1. The van der Waals surface area contributed by atoms with Gasteiger partial charge in [-0.3, -0.25) is 14.4 Å². The lowest BCUT2D eigenvalue weighted by Gasteiger charge is -2.18. The number of carboxylic acid groups (broad SMARTS) is 1. The van der Waals surface area contributed by atoms with Crippen molar-refractivity contribution < 1.29 is 39.6 Å². The third kappa shape index (κ3) is 7.86. The Morgan fingerprint density at radius 2 is 1.13 bits per heavy atom. The third-order valence-electron chi connectivity index (χ3n) is 10.5.